The number of esters is 1. The van der Waals surface area contributed by atoms with E-state index in [-0.39, 0.29) is 6.61 Å². The summed E-state index contributed by atoms with van der Waals surface area (Å²) in [5.41, 5.74) is 0. The molecule has 0 aliphatic heterocycles. The van der Waals surface area contributed by atoms with Crippen molar-refractivity contribution < 1.29 is 23.9 Å². The molecule has 1 aromatic rings. The Balaban J connectivity index is 2.69. The number of amides is 1. The molecule has 0 bridgehead atoms. The molecular formula is C14H15NO5. The number of nitrogens with one attached hydrogen (secondary N) is 1. The third-order valence-electron chi connectivity index (χ3n) is 2.22. The SMILES string of the molecule is C=CC(=O)C(NC(=O)Oc1ccccc1)C(=O)OCC. The van der Waals surface area contributed by atoms with Gasteiger partial charge in [-0.1, -0.05) is 24.8 Å². The van der Waals surface area contributed by atoms with Crippen LogP contribution in [0.1, 0.15) is 6.92 Å². The van der Waals surface area contributed by atoms with Crippen LogP contribution in [-0.4, -0.2) is 30.5 Å². The molecule has 0 saturated heterocycles. The average molecular weight is 277 g/mol. The summed E-state index contributed by atoms with van der Waals surface area (Å²) in [6.07, 6.45) is 0.00847. The van der Waals surface area contributed by atoms with Crippen LogP contribution in [0.3, 0.4) is 0 Å². The molecule has 1 rings (SSSR count). The van der Waals surface area contributed by atoms with E-state index in [9.17, 15) is 14.4 Å². The minimum Gasteiger partial charge on any atom is -0.464 e. The fourth-order valence-electron chi connectivity index (χ4n) is 1.33. The molecular weight excluding hydrogens is 262 g/mol. The molecule has 1 aromatic carbocycles. The van der Waals surface area contributed by atoms with Gasteiger partial charge in [0, 0.05) is 0 Å². The summed E-state index contributed by atoms with van der Waals surface area (Å²) in [5.74, 6) is -1.24. The third-order valence-corrected chi connectivity index (χ3v) is 2.22. The number of hydrogen-bond acceptors (Lipinski definition) is 5. The molecule has 0 aliphatic rings. The Morgan fingerprint density at radius 1 is 1.30 bits per heavy atom. The van der Waals surface area contributed by atoms with Crippen LogP contribution in [0, 0.1) is 0 Å². The number of para-hydroxylation sites is 1. The Kier molecular flexibility index (Phi) is 5.96. The van der Waals surface area contributed by atoms with Gasteiger partial charge in [-0.3, -0.25) is 4.79 Å². The Morgan fingerprint density at radius 3 is 2.50 bits per heavy atom. The zero-order valence-corrected chi connectivity index (χ0v) is 11.0. The van der Waals surface area contributed by atoms with E-state index in [0.29, 0.717) is 5.75 Å². The van der Waals surface area contributed by atoms with Crippen LogP contribution >= 0.6 is 0 Å². The molecule has 0 aliphatic carbocycles. The molecule has 20 heavy (non-hydrogen) atoms. The van der Waals surface area contributed by atoms with Gasteiger partial charge in [0.1, 0.15) is 5.75 Å². The smallest absolute Gasteiger partial charge is 0.413 e. The van der Waals surface area contributed by atoms with E-state index in [4.69, 9.17) is 9.47 Å². The Labute approximate surface area is 116 Å². The lowest BCUT2D eigenvalue weighted by molar-refractivity contribution is -0.147. The second kappa shape index (κ2) is 7.73. The number of ether oxygens (including phenoxy) is 2. The summed E-state index contributed by atoms with van der Waals surface area (Å²) in [4.78, 5) is 34.7. The van der Waals surface area contributed by atoms with Crippen molar-refractivity contribution in [3.63, 3.8) is 0 Å². The fraction of sp³-hybridized carbons (Fsp3) is 0.214. The highest BCUT2D eigenvalue weighted by Gasteiger charge is 2.28. The maximum atomic E-state index is 11.6. The molecule has 106 valence electrons. The first-order valence-electron chi connectivity index (χ1n) is 5.94. The maximum Gasteiger partial charge on any atom is 0.413 e. The Hall–Kier alpha value is -2.63. The monoisotopic (exact) mass is 277 g/mol. The average Bonchev–Trinajstić information content (AvgIpc) is 2.45. The van der Waals surface area contributed by atoms with Crippen molar-refractivity contribution in [3.8, 4) is 5.75 Å². The normalized spacial score (nSPS) is 11.1. The molecule has 1 unspecified atom stereocenters. The predicted octanol–water partition coefficient (Wildman–Crippen LogP) is 1.46. The molecule has 1 atom stereocenters. The van der Waals surface area contributed by atoms with E-state index in [2.05, 4.69) is 11.9 Å². The molecule has 1 amide bonds. The van der Waals surface area contributed by atoms with Gasteiger partial charge in [0.2, 0.25) is 0 Å². The van der Waals surface area contributed by atoms with Crippen molar-refractivity contribution in [1.29, 1.82) is 0 Å². The third kappa shape index (κ3) is 4.56. The van der Waals surface area contributed by atoms with Crippen molar-refractivity contribution >= 4 is 17.8 Å². The van der Waals surface area contributed by atoms with Gasteiger partial charge in [0.05, 0.1) is 6.61 Å². The van der Waals surface area contributed by atoms with Crippen molar-refractivity contribution in [1.82, 2.24) is 5.32 Å². The zero-order chi connectivity index (χ0) is 15.0. The van der Waals surface area contributed by atoms with E-state index >= 15 is 0 Å². The van der Waals surface area contributed by atoms with Crippen molar-refractivity contribution in [3.05, 3.63) is 43.0 Å². The van der Waals surface area contributed by atoms with Gasteiger partial charge in [-0.2, -0.15) is 0 Å². The van der Waals surface area contributed by atoms with E-state index in [1.54, 1.807) is 37.3 Å². The van der Waals surface area contributed by atoms with E-state index in [0.717, 1.165) is 6.08 Å². The van der Waals surface area contributed by atoms with Crippen molar-refractivity contribution in [2.24, 2.45) is 0 Å². The van der Waals surface area contributed by atoms with Crippen LogP contribution in [-0.2, 0) is 14.3 Å². The molecule has 0 aromatic heterocycles. The topological polar surface area (TPSA) is 81.7 Å². The van der Waals surface area contributed by atoms with Crippen LogP contribution in [0.2, 0.25) is 0 Å². The molecule has 0 heterocycles. The quantitative estimate of drug-likeness (QED) is 0.483. The number of benzene rings is 1. The molecule has 0 spiro atoms. The number of ketones is 1. The highest BCUT2D eigenvalue weighted by Crippen LogP contribution is 2.08. The summed E-state index contributed by atoms with van der Waals surface area (Å²) >= 11 is 0. The summed E-state index contributed by atoms with van der Waals surface area (Å²) < 4.78 is 9.62. The van der Waals surface area contributed by atoms with Crippen LogP contribution in [0.25, 0.3) is 0 Å². The number of carbonyl (C=O) groups excluding carboxylic acids is 3. The first-order chi connectivity index (χ1) is 9.58. The Bertz CT molecular complexity index is 498. The molecule has 1 N–H and O–H groups in total. The van der Waals surface area contributed by atoms with Crippen LogP contribution < -0.4 is 10.1 Å². The lowest BCUT2D eigenvalue weighted by Crippen LogP contribution is -2.47. The second-order valence-electron chi connectivity index (χ2n) is 3.64. The van der Waals surface area contributed by atoms with Gasteiger partial charge in [-0.25, -0.2) is 9.59 Å². The zero-order valence-electron chi connectivity index (χ0n) is 11.0. The minimum absolute atomic E-state index is 0.0924. The predicted molar refractivity (Wildman–Crippen MR) is 71.2 cm³/mol. The first-order valence-corrected chi connectivity index (χ1v) is 5.94. The van der Waals surface area contributed by atoms with Gasteiger partial charge < -0.3 is 14.8 Å². The highest BCUT2D eigenvalue weighted by molar-refractivity contribution is 6.10. The lowest BCUT2D eigenvalue weighted by atomic mass is 10.2. The Morgan fingerprint density at radius 2 is 1.95 bits per heavy atom. The largest absolute Gasteiger partial charge is 0.464 e. The van der Waals surface area contributed by atoms with Crippen LogP contribution in [0.5, 0.6) is 5.75 Å². The minimum atomic E-state index is -1.45. The summed E-state index contributed by atoms with van der Waals surface area (Å²) in [6.45, 7) is 4.95. The van der Waals surface area contributed by atoms with Gasteiger partial charge >= 0.3 is 12.1 Å². The summed E-state index contributed by atoms with van der Waals surface area (Å²) in [5, 5.41) is 2.14. The maximum absolute atomic E-state index is 11.6. The van der Waals surface area contributed by atoms with E-state index < -0.39 is 23.9 Å². The lowest BCUT2D eigenvalue weighted by Gasteiger charge is -2.14. The number of hydrogen-bond donors (Lipinski definition) is 1. The molecule has 0 saturated carbocycles. The molecule has 0 fully saturated rings. The second-order valence-corrected chi connectivity index (χ2v) is 3.64. The van der Waals surface area contributed by atoms with Crippen molar-refractivity contribution in [2.75, 3.05) is 6.61 Å². The standard InChI is InChI=1S/C14H15NO5/c1-3-11(16)12(13(17)19-4-2)15-14(18)20-10-8-6-5-7-9-10/h3,5-9,12H,1,4H2,2H3,(H,15,18). The number of rotatable bonds is 6. The van der Waals surface area contributed by atoms with Gasteiger partial charge in [0.25, 0.3) is 0 Å². The van der Waals surface area contributed by atoms with Gasteiger partial charge in [-0.15, -0.1) is 0 Å². The molecule has 0 radical (unpaired) electrons. The highest BCUT2D eigenvalue weighted by atomic mass is 16.6. The van der Waals surface area contributed by atoms with E-state index in [1.807, 2.05) is 0 Å². The summed E-state index contributed by atoms with van der Waals surface area (Å²) in [7, 11) is 0. The summed E-state index contributed by atoms with van der Waals surface area (Å²) in [6, 6.07) is 6.79. The van der Waals surface area contributed by atoms with Crippen LogP contribution in [0.4, 0.5) is 4.79 Å². The van der Waals surface area contributed by atoms with Crippen LogP contribution in [0.15, 0.2) is 43.0 Å². The molecule has 6 nitrogen and oxygen atoms in total. The van der Waals surface area contributed by atoms with E-state index in [1.165, 1.54) is 0 Å². The van der Waals surface area contributed by atoms with Crippen molar-refractivity contribution in [2.45, 2.75) is 13.0 Å². The molecule has 6 heteroatoms. The first kappa shape index (κ1) is 15.4. The number of carbonyl (C=O) groups is 3. The fourth-order valence-corrected chi connectivity index (χ4v) is 1.33. The van der Waals surface area contributed by atoms with Gasteiger partial charge in [-0.05, 0) is 25.1 Å². The van der Waals surface area contributed by atoms with Gasteiger partial charge in [0.15, 0.2) is 11.8 Å².